The van der Waals surface area contributed by atoms with Crippen molar-refractivity contribution in [1.29, 1.82) is 0 Å². The first kappa shape index (κ1) is 24.2. The lowest BCUT2D eigenvalue weighted by molar-refractivity contribution is -0.148. The van der Waals surface area contributed by atoms with Gasteiger partial charge in [0.05, 0.1) is 17.8 Å². The third-order valence-corrected chi connectivity index (χ3v) is 7.37. The number of hydrogen-bond donors (Lipinski definition) is 3. The van der Waals surface area contributed by atoms with Crippen molar-refractivity contribution in [2.24, 2.45) is 11.3 Å². The van der Waals surface area contributed by atoms with E-state index in [1.165, 1.54) is 11.1 Å². The summed E-state index contributed by atoms with van der Waals surface area (Å²) in [5.41, 5.74) is 2.88. The summed E-state index contributed by atoms with van der Waals surface area (Å²) in [6, 6.07) is 0. The number of ether oxygens (including phenoxy) is 1. The van der Waals surface area contributed by atoms with E-state index in [9.17, 15) is 20.1 Å². The molecule has 5 nitrogen and oxygen atoms in total. The molecule has 5 atom stereocenters. The zero-order valence-corrected chi connectivity index (χ0v) is 19.6. The highest BCUT2D eigenvalue weighted by Crippen LogP contribution is 2.55. The minimum Gasteiger partial charge on any atom is -0.458 e. The van der Waals surface area contributed by atoms with Gasteiger partial charge in [0, 0.05) is 6.42 Å². The Kier molecular flexibility index (Phi) is 7.50. The molecule has 0 aromatic carbocycles. The van der Waals surface area contributed by atoms with Crippen molar-refractivity contribution in [3.8, 4) is 0 Å². The maximum Gasteiger partial charge on any atom is 0.306 e. The number of hydrogen-bond acceptors (Lipinski definition) is 5. The maximum absolute atomic E-state index is 12.3. The van der Waals surface area contributed by atoms with Crippen molar-refractivity contribution in [1.82, 2.24) is 0 Å². The first-order valence-corrected chi connectivity index (χ1v) is 11.8. The summed E-state index contributed by atoms with van der Waals surface area (Å²) in [6.45, 7) is 7.67. The van der Waals surface area contributed by atoms with Crippen molar-refractivity contribution in [2.45, 2.75) is 109 Å². The fraction of sp³-hybridized carbons (Fsp3) is 0.731. The van der Waals surface area contributed by atoms with Crippen LogP contribution in [0.2, 0.25) is 0 Å². The summed E-state index contributed by atoms with van der Waals surface area (Å²) in [6.07, 6.45) is 12.0. The molecule has 174 valence electrons. The van der Waals surface area contributed by atoms with Crippen LogP contribution in [-0.2, 0) is 9.53 Å². The summed E-state index contributed by atoms with van der Waals surface area (Å²) in [5.74, 6) is 0.150. The Bertz CT molecular complexity index is 744. The molecule has 2 saturated carbocycles. The van der Waals surface area contributed by atoms with Gasteiger partial charge in [-0.3, -0.25) is 4.79 Å². The normalized spacial score (nSPS) is 33.6. The molecule has 0 unspecified atom stereocenters. The summed E-state index contributed by atoms with van der Waals surface area (Å²) in [7, 11) is 0. The monoisotopic (exact) mass is 432 g/mol. The minimum atomic E-state index is -0.867. The summed E-state index contributed by atoms with van der Waals surface area (Å²) >= 11 is 0. The first-order valence-electron chi connectivity index (χ1n) is 11.8. The van der Waals surface area contributed by atoms with Crippen molar-refractivity contribution >= 4 is 5.97 Å². The van der Waals surface area contributed by atoms with E-state index in [-0.39, 0.29) is 23.9 Å². The first-order chi connectivity index (χ1) is 14.5. The Morgan fingerprint density at radius 2 is 1.97 bits per heavy atom. The second-order valence-electron chi connectivity index (χ2n) is 10.7. The van der Waals surface area contributed by atoms with E-state index in [0.717, 1.165) is 31.3 Å². The zero-order valence-electron chi connectivity index (χ0n) is 19.6. The molecule has 3 aliphatic carbocycles. The third-order valence-electron chi connectivity index (χ3n) is 7.37. The standard InChI is InChI=1S/C26H40O5/c1-17(31-24(29)11-13-25(2,3)30)22-9-10-23-19(6-5-12-26(22,23)4)8-7-18-14-20(27)16-21(28)15-18/h7-9,17,20-21,23,27-28,30H,5-6,10-16H2,1-4H3/b19-8+/t17-,20+,21+,23-,26+/m0/s1. The molecule has 0 aromatic heterocycles. The quantitative estimate of drug-likeness (QED) is 0.429. The van der Waals surface area contributed by atoms with E-state index in [1.807, 2.05) is 6.92 Å². The van der Waals surface area contributed by atoms with Crippen molar-refractivity contribution in [3.05, 3.63) is 34.9 Å². The number of esters is 1. The summed E-state index contributed by atoms with van der Waals surface area (Å²) < 4.78 is 5.75. The molecule has 0 heterocycles. The summed E-state index contributed by atoms with van der Waals surface area (Å²) in [5, 5.41) is 29.7. The van der Waals surface area contributed by atoms with Crippen LogP contribution in [0.1, 0.15) is 85.5 Å². The lowest BCUT2D eigenvalue weighted by atomic mass is 9.63. The highest BCUT2D eigenvalue weighted by atomic mass is 16.5. The van der Waals surface area contributed by atoms with Crippen LogP contribution in [0.3, 0.4) is 0 Å². The third kappa shape index (κ3) is 6.09. The van der Waals surface area contributed by atoms with Crippen LogP contribution in [-0.4, -0.2) is 45.2 Å². The predicted octanol–water partition coefficient (Wildman–Crippen LogP) is 4.36. The van der Waals surface area contributed by atoms with E-state index in [2.05, 4.69) is 25.2 Å². The van der Waals surface area contributed by atoms with E-state index < -0.39 is 17.8 Å². The van der Waals surface area contributed by atoms with Gasteiger partial charge in [0.25, 0.3) is 0 Å². The molecule has 2 fully saturated rings. The van der Waals surface area contributed by atoms with Crippen LogP contribution in [0.5, 0.6) is 0 Å². The van der Waals surface area contributed by atoms with Gasteiger partial charge in [0.2, 0.25) is 0 Å². The van der Waals surface area contributed by atoms with Gasteiger partial charge in [0.1, 0.15) is 6.10 Å². The number of carbonyl (C=O) groups is 1. The number of fused-ring (bicyclic) bond motifs is 1. The van der Waals surface area contributed by atoms with Crippen LogP contribution in [0.25, 0.3) is 0 Å². The zero-order chi connectivity index (χ0) is 22.8. The lowest BCUT2D eigenvalue weighted by Crippen LogP contribution is -2.35. The highest BCUT2D eigenvalue weighted by Gasteiger charge is 2.46. The Morgan fingerprint density at radius 1 is 1.29 bits per heavy atom. The minimum absolute atomic E-state index is 0.00979. The largest absolute Gasteiger partial charge is 0.458 e. The fourth-order valence-corrected chi connectivity index (χ4v) is 5.74. The van der Waals surface area contributed by atoms with E-state index >= 15 is 0 Å². The number of allylic oxidation sites excluding steroid dienone is 4. The predicted molar refractivity (Wildman–Crippen MR) is 121 cm³/mol. The van der Waals surface area contributed by atoms with Gasteiger partial charge in [-0.15, -0.1) is 0 Å². The van der Waals surface area contributed by atoms with Gasteiger partial charge in [-0.1, -0.05) is 36.3 Å². The molecule has 3 aliphatic rings. The molecule has 0 spiro atoms. The second-order valence-corrected chi connectivity index (χ2v) is 10.7. The molecule has 0 bridgehead atoms. The number of rotatable bonds is 6. The van der Waals surface area contributed by atoms with E-state index in [4.69, 9.17) is 4.74 Å². The topological polar surface area (TPSA) is 87.0 Å². The van der Waals surface area contributed by atoms with Crippen LogP contribution >= 0.6 is 0 Å². The molecule has 3 N–H and O–H groups in total. The van der Waals surface area contributed by atoms with Gasteiger partial charge in [-0.25, -0.2) is 0 Å². The maximum atomic E-state index is 12.3. The van der Waals surface area contributed by atoms with Gasteiger partial charge in [-0.05, 0) is 89.0 Å². The molecule has 0 aliphatic heterocycles. The molecule has 31 heavy (non-hydrogen) atoms. The second kappa shape index (κ2) is 9.60. The number of aliphatic hydroxyl groups excluding tert-OH is 2. The molecular weight excluding hydrogens is 392 g/mol. The van der Waals surface area contributed by atoms with E-state index in [0.29, 0.717) is 31.6 Å². The Labute approximate surface area is 186 Å². The Morgan fingerprint density at radius 3 is 2.61 bits per heavy atom. The molecule has 0 aromatic rings. The summed E-state index contributed by atoms with van der Waals surface area (Å²) in [4.78, 5) is 12.3. The number of carbonyl (C=O) groups excluding carboxylic acids is 1. The lowest BCUT2D eigenvalue weighted by Gasteiger charge is -2.42. The van der Waals surface area contributed by atoms with Crippen LogP contribution in [0, 0.1) is 11.3 Å². The van der Waals surface area contributed by atoms with Gasteiger partial charge in [-0.2, -0.15) is 0 Å². The number of aliphatic hydroxyl groups is 3. The van der Waals surface area contributed by atoms with Gasteiger partial charge < -0.3 is 20.1 Å². The van der Waals surface area contributed by atoms with E-state index in [1.54, 1.807) is 13.8 Å². The molecule has 5 heteroatoms. The average molecular weight is 433 g/mol. The SMILES string of the molecule is C[C@H](OC(=O)CCC(C)(C)O)C1=CC[C@H]2/C(=C/C=C3C[C@@H](O)C[C@H](O)C3)CCC[C@]12C. The van der Waals surface area contributed by atoms with Crippen LogP contribution in [0.15, 0.2) is 34.9 Å². The van der Waals surface area contributed by atoms with Crippen molar-refractivity contribution < 1.29 is 24.9 Å². The molecule has 0 saturated heterocycles. The molecular formula is C26H40O5. The molecule has 3 rings (SSSR count). The Hall–Kier alpha value is -1.43. The fourth-order valence-electron chi connectivity index (χ4n) is 5.74. The molecule has 0 radical (unpaired) electrons. The smallest absolute Gasteiger partial charge is 0.306 e. The van der Waals surface area contributed by atoms with Crippen LogP contribution < -0.4 is 0 Å². The molecule has 0 amide bonds. The van der Waals surface area contributed by atoms with Crippen LogP contribution in [0.4, 0.5) is 0 Å². The Balaban J connectivity index is 1.66. The average Bonchev–Trinajstić information content (AvgIpc) is 3.01. The van der Waals surface area contributed by atoms with Crippen molar-refractivity contribution in [3.63, 3.8) is 0 Å². The van der Waals surface area contributed by atoms with Crippen molar-refractivity contribution in [2.75, 3.05) is 0 Å². The van der Waals surface area contributed by atoms with Gasteiger partial charge in [0.15, 0.2) is 0 Å². The van der Waals surface area contributed by atoms with Gasteiger partial charge >= 0.3 is 5.97 Å². The highest BCUT2D eigenvalue weighted by molar-refractivity contribution is 5.70.